The first-order chi connectivity index (χ1) is 14.8. The highest BCUT2D eigenvalue weighted by atomic mass is 35.5. The van der Waals surface area contributed by atoms with Crippen molar-refractivity contribution in [3.63, 3.8) is 0 Å². The molecule has 8 nitrogen and oxygen atoms in total. The first-order valence-corrected chi connectivity index (χ1v) is 9.57. The molecule has 1 heterocycles. The van der Waals surface area contributed by atoms with E-state index in [0.29, 0.717) is 28.0 Å². The molecule has 154 valence electrons. The summed E-state index contributed by atoms with van der Waals surface area (Å²) in [6.07, 6.45) is 0. The third-order valence-corrected chi connectivity index (χ3v) is 5.05. The summed E-state index contributed by atoms with van der Waals surface area (Å²) in [6, 6.07) is 17.5. The zero-order valence-electron chi connectivity index (χ0n) is 16.2. The van der Waals surface area contributed by atoms with Crippen LogP contribution in [0.4, 0.5) is 11.4 Å². The molecule has 0 aliphatic heterocycles. The molecule has 0 fully saturated rings. The second-order valence-electron chi connectivity index (χ2n) is 6.74. The Morgan fingerprint density at radius 1 is 1.10 bits per heavy atom. The van der Waals surface area contributed by atoms with Gasteiger partial charge in [0.15, 0.2) is 0 Å². The molecule has 0 aliphatic carbocycles. The number of aryl methyl sites for hydroxylation is 1. The number of aromatic nitrogens is 2. The monoisotopic (exact) mass is 434 g/mol. The SMILES string of the molecule is Cc1nc2ccccc2c(=O)n1-c1ccc(C(=O)Nc2ccc(Cl)c([N+](=O)[O-])c2)cc1. The number of carbonyl (C=O) groups excluding carboxylic acids is 1. The number of hydrogen-bond donors (Lipinski definition) is 1. The second kappa shape index (κ2) is 8.00. The van der Waals surface area contributed by atoms with Gasteiger partial charge in [-0.1, -0.05) is 23.7 Å². The molecular formula is C22H15ClN4O4. The van der Waals surface area contributed by atoms with Crippen LogP contribution in [0.2, 0.25) is 5.02 Å². The third kappa shape index (κ3) is 3.88. The van der Waals surface area contributed by atoms with Crippen molar-refractivity contribution in [1.29, 1.82) is 0 Å². The molecule has 0 saturated heterocycles. The molecule has 0 atom stereocenters. The van der Waals surface area contributed by atoms with E-state index in [1.165, 1.54) is 22.8 Å². The zero-order chi connectivity index (χ0) is 22.1. The maximum Gasteiger partial charge on any atom is 0.289 e. The van der Waals surface area contributed by atoms with Crippen molar-refractivity contribution in [2.75, 3.05) is 5.32 Å². The minimum absolute atomic E-state index is 0.0165. The van der Waals surface area contributed by atoms with Gasteiger partial charge in [0, 0.05) is 17.3 Å². The fourth-order valence-electron chi connectivity index (χ4n) is 3.24. The highest BCUT2D eigenvalue weighted by molar-refractivity contribution is 6.32. The first-order valence-electron chi connectivity index (χ1n) is 9.19. The van der Waals surface area contributed by atoms with Gasteiger partial charge in [-0.05, 0) is 55.5 Å². The number of para-hydroxylation sites is 1. The molecule has 1 aromatic heterocycles. The van der Waals surface area contributed by atoms with Crippen LogP contribution >= 0.6 is 11.6 Å². The van der Waals surface area contributed by atoms with Crippen LogP contribution in [0, 0.1) is 17.0 Å². The van der Waals surface area contributed by atoms with Crippen LogP contribution in [0.3, 0.4) is 0 Å². The van der Waals surface area contributed by atoms with Gasteiger partial charge in [0.1, 0.15) is 10.8 Å². The second-order valence-corrected chi connectivity index (χ2v) is 7.15. The van der Waals surface area contributed by atoms with E-state index >= 15 is 0 Å². The summed E-state index contributed by atoms with van der Waals surface area (Å²) in [5.74, 6) is 0.0678. The van der Waals surface area contributed by atoms with E-state index in [-0.39, 0.29) is 22.0 Å². The Kier molecular flexibility index (Phi) is 5.22. The standard InChI is InChI=1S/C22H15ClN4O4/c1-13-24-19-5-3-2-4-17(19)22(29)26(13)16-9-6-14(7-10-16)21(28)25-15-8-11-18(23)20(12-15)27(30)31/h2-12H,1H3,(H,25,28). The van der Waals surface area contributed by atoms with E-state index in [1.54, 1.807) is 49.4 Å². The fraction of sp³-hybridized carbons (Fsp3) is 0.0455. The van der Waals surface area contributed by atoms with E-state index in [2.05, 4.69) is 10.3 Å². The maximum absolute atomic E-state index is 12.9. The van der Waals surface area contributed by atoms with Crippen LogP contribution in [-0.4, -0.2) is 20.4 Å². The molecule has 9 heteroatoms. The Hall–Kier alpha value is -4.04. The topological polar surface area (TPSA) is 107 Å². The Bertz CT molecular complexity index is 1400. The number of hydrogen-bond acceptors (Lipinski definition) is 5. The van der Waals surface area contributed by atoms with Crippen LogP contribution in [0.1, 0.15) is 16.2 Å². The van der Waals surface area contributed by atoms with Gasteiger partial charge >= 0.3 is 0 Å². The number of nitrogens with one attached hydrogen (secondary N) is 1. The van der Waals surface area contributed by atoms with Crippen molar-refractivity contribution in [2.24, 2.45) is 0 Å². The largest absolute Gasteiger partial charge is 0.322 e. The predicted molar refractivity (Wildman–Crippen MR) is 118 cm³/mol. The van der Waals surface area contributed by atoms with Crippen molar-refractivity contribution in [3.05, 3.63) is 104 Å². The lowest BCUT2D eigenvalue weighted by Crippen LogP contribution is -2.22. The Morgan fingerprint density at radius 2 is 1.81 bits per heavy atom. The molecule has 1 N–H and O–H groups in total. The molecule has 4 rings (SSSR count). The number of benzene rings is 3. The summed E-state index contributed by atoms with van der Waals surface area (Å²) in [5.41, 5.74) is 1.26. The number of rotatable bonds is 4. The van der Waals surface area contributed by atoms with Gasteiger partial charge in [0.2, 0.25) is 0 Å². The van der Waals surface area contributed by atoms with E-state index in [1.807, 2.05) is 6.07 Å². The van der Waals surface area contributed by atoms with Gasteiger partial charge in [0.05, 0.1) is 21.5 Å². The highest BCUT2D eigenvalue weighted by Crippen LogP contribution is 2.27. The summed E-state index contributed by atoms with van der Waals surface area (Å²) in [6.45, 7) is 1.74. The van der Waals surface area contributed by atoms with Crippen molar-refractivity contribution >= 4 is 39.8 Å². The summed E-state index contributed by atoms with van der Waals surface area (Å²) >= 11 is 5.79. The van der Waals surface area contributed by atoms with Crippen LogP contribution < -0.4 is 10.9 Å². The summed E-state index contributed by atoms with van der Waals surface area (Å²) in [4.78, 5) is 40.3. The quantitative estimate of drug-likeness (QED) is 0.375. The van der Waals surface area contributed by atoms with Crippen LogP contribution in [-0.2, 0) is 0 Å². The lowest BCUT2D eigenvalue weighted by molar-refractivity contribution is -0.384. The smallest absolute Gasteiger partial charge is 0.289 e. The fourth-order valence-corrected chi connectivity index (χ4v) is 3.43. The van der Waals surface area contributed by atoms with Crippen molar-refractivity contribution in [2.45, 2.75) is 6.92 Å². The Balaban J connectivity index is 1.63. The molecule has 0 aliphatic rings. The van der Waals surface area contributed by atoms with Gasteiger partial charge in [-0.25, -0.2) is 4.98 Å². The number of carbonyl (C=O) groups is 1. The molecule has 0 saturated carbocycles. The average molecular weight is 435 g/mol. The van der Waals surface area contributed by atoms with E-state index < -0.39 is 10.8 Å². The lowest BCUT2D eigenvalue weighted by Gasteiger charge is -2.11. The molecule has 0 bridgehead atoms. The minimum Gasteiger partial charge on any atom is -0.322 e. The first kappa shape index (κ1) is 20.2. The molecule has 0 radical (unpaired) electrons. The Morgan fingerprint density at radius 3 is 2.52 bits per heavy atom. The van der Waals surface area contributed by atoms with E-state index in [9.17, 15) is 19.7 Å². The molecular weight excluding hydrogens is 420 g/mol. The van der Waals surface area contributed by atoms with E-state index in [4.69, 9.17) is 11.6 Å². The number of amides is 1. The average Bonchev–Trinajstić information content (AvgIpc) is 2.75. The lowest BCUT2D eigenvalue weighted by atomic mass is 10.1. The van der Waals surface area contributed by atoms with Gasteiger partial charge in [-0.2, -0.15) is 0 Å². The summed E-state index contributed by atoms with van der Waals surface area (Å²) in [5, 5.41) is 14.1. The number of anilines is 1. The summed E-state index contributed by atoms with van der Waals surface area (Å²) < 4.78 is 1.48. The Labute approximate surface area is 180 Å². The van der Waals surface area contributed by atoms with Gasteiger partial charge in [-0.15, -0.1) is 0 Å². The summed E-state index contributed by atoms with van der Waals surface area (Å²) in [7, 11) is 0. The van der Waals surface area contributed by atoms with Gasteiger partial charge in [0.25, 0.3) is 17.2 Å². The van der Waals surface area contributed by atoms with Gasteiger partial charge in [-0.3, -0.25) is 24.3 Å². The predicted octanol–water partition coefficient (Wildman–Crippen LogP) is 4.51. The molecule has 1 amide bonds. The molecule has 31 heavy (non-hydrogen) atoms. The van der Waals surface area contributed by atoms with Gasteiger partial charge < -0.3 is 5.32 Å². The van der Waals surface area contributed by atoms with Crippen LogP contribution in [0.15, 0.2) is 71.5 Å². The van der Waals surface area contributed by atoms with Crippen molar-refractivity contribution in [3.8, 4) is 5.69 Å². The molecule has 4 aromatic rings. The number of nitrogens with zero attached hydrogens (tertiary/aromatic N) is 3. The maximum atomic E-state index is 12.9. The number of fused-ring (bicyclic) bond motifs is 1. The van der Waals surface area contributed by atoms with Crippen molar-refractivity contribution < 1.29 is 9.72 Å². The zero-order valence-corrected chi connectivity index (χ0v) is 17.0. The van der Waals surface area contributed by atoms with Crippen LogP contribution in [0.5, 0.6) is 0 Å². The third-order valence-electron chi connectivity index (χ3n) is 4.73. The van der Waals surface area contributed by atoms with E-state index in [0.717, 1.165) is 0 Å². The molecule has 0 spiro atoms. The normalized spacial score (nSPS) is 10.8. The molecule has 3 aromatic carbocycles. The molecule has 0 unspecified atom stereocenters. The highest BCUT2D eigenvalue weighted by Gasteiger charge is 2.15. The van der Waals surface area contributed by atoms with Crippen molar-refractivity contribution in [1.82, 2.24) is 9.55 Å². The minimum atomic E-state index is -0.621. The number of halogens is 1. The number of nitro benzene ring substituents is 1. The number of nitro groups is 1. The van der Waals surface area contributed by atoms with Crippen LogP contribution in [0.25, 0.3) is 16.6 Å².